The monoisotopic (exact) mass is 343 g/mol. The van der Waals surface area contributed by atoms with Gasteiger partial charge in [0.1, 0.15) is 17.7 Å². The summed E-state index contributed by atoms with van der Waals surface area (Å²) in [5.41, 5.74) is 2.24. The van der Waals surface area contributed by atoms with E-state index in [9.17, 15) is 5.26 Å². The van der Waals surface area contributed by atoms with Crippen LogP contribution in [0.2, 0.25) is 0 Å². The molecular formula is C21H21N5. The van der Waals surface area contributed by atoms with Gasteiger partial charge in [-0.05, 0) is 18.1 Å². The lowest BCUT2D eigenvalue weighted by Gasteiger charge is -2.13. The minimum absolute atomic E-state index is 0.501. The zero-order chi connectivity index (χ0) is 18.4. The van der Waals surface area contributed by atoms with E-state index in [1.165, 1.54) is 0 Å². The first-order valence-corrected chi connectivity index (χ1v) is 8.60. The normalized spacial score (nSPS) is 10.4. The number of rotatable bonds is 6. The molecule has 5 nitrogen and oxygen atoms in total. The van der Waals surface area contributed by atoms with E-state index in [1.807, 2.05) is 54.6 Å². The van der Waals surface area contributed by atoms with E-state index in [0.29, 0.717) is 23.1 Å². The first-order valence-electron chi connectivity index (χ1n) is 8.60. The van der Waals surface area contributed by atoms with Gasteiger partial charge in [0.15, 0.2) is 5.82 Å². The number of anilines is 3. The van der Waals surface area contributed by atoms with Crippen LogP contribution in [0.15, 0.2) is 60.7 Å². The van der Waals surface area contributed by atoms with Crippen molar-refractivity contribution >= 4 is 17.3 Å². The summed E-state index contributed by atoms with van der Waals surface area (Å²) in [6, 6.07) is 21.3. The predicted octanol–water partition coefficient (Wildman–Crippen LogP) is 4.83. The van der Waals surface area contributed by atoms with Crippen molar-refractivity contribution in [2.24, 2.45) is 5.92 Å². The standard InChI is InChI=1S/C21H21N5/c1-15(2)14-23-19-12-20(24-18-11-7-6-10-17(18)13-22)26-21(25-19)16-8-4-3-5-9-16/h3-12,15H,14H2,1-2H3,(H2,23,24,25,26). The largest absolute Gasteiger partial charge is 0.370 e. The van der Waals surface area contributed by atoms with Gasteiger partial charge in [0, 0.05) is 18.2 Å². The fraction of sp³-hybridized carbons (Fsp3) is 0.190. The van der Waals surface area contributed by atoms with Crippen LogP contribution < -0.4 is 10.6 Å². The summed E-state index contributed by atoms with van der Waals surface area (Å²) >= 11 is 0. The van der Waals surface area contributed by atoms with E-state index in [-0.39, 0.29) is 0 Å². The Labute approximate surface area is 153 Å². The lowest BCUT2D eigenvalue weighted by Crippen LogP contribution is -2.10. The molecule has 0 aliphatic carbocycles. The second-order valence-electron chi connectivity index (χ2n) is 6.39. The molecule has 3 aromatic rings. The number of nitrogens with one attached hydrogen (secondary N) is 2. The van der Waals surface area contributed by atoms with Crippen LogP contribution in [-0.4, -0.2) is 16.5 Å². The van der Waals surface area contributed by atoms with E-state index in [4.69, 9.17) is 0 Å². The van der Waals surface area contributed by atoms with Crippen molar-refractivity contribution in [2.45, 2.75) is 13.8 Å². The van der Waals surface area contributed by atoms with Crippen LogP contribution in [0, 0.1) is 17.2 Å². The molecule has 3 rings (SSSR count). The highest BCUT2D eigenvalue weighted by Gasteiger charge is 2.09. The molecule has 0 atom stereocenters. The Morgan fingerprint density at radius 1 is 0.962 bits per heavy atom. The molecule has 0 amide bonds. The minimum atomic E-state index is 0.501. The third kappa shape index (κ3) is 4.37. The van der Waals surface area contributed by atoms with Gasteiger partial charge in [-0.15, -0.1) is 0 Å². The van der Waals surface area contributed by atoms with Gasteiger partial charge in [0.2, 0.25) is 0 Å². The van der Waals surface area contributed by atoms with Crippen LogP contribution in [0.25, 0.3) is 11.4 Å². The Balaban J connectivity index is 1.98. The zero-order valence-corrected chi connectivity index (χ0v) is 14.9. The molecule has 2 aromatic carbocycles. The summed E-state index contributed by atoms with van der Waals surface area (Å²) < 4.78 is 0. The SMILES string of the molecule is CC(C)CNc1cc(Nc2ccccc2C#N)nc(-c2ccccc2)n1. The van der Waals surface area contributed by atoms with Gasteiger partial charge in [-0.2, -0.15) is 5.26 Å². The summed E-state index contributed by atoms with van der Waals surface area (Å²) in [6.07, 6.45) is 0. The Morgan fingerprint density at radius 2 is 1.65 bits per heavy atom. The highest BCUT2D eigenvalue weighted by Crippen LogP contribution is 2.24. The van der Waals surface area contributed by atoms with Crippen LogP contribution in [-0.2, 0) is 0 Å². The number of hydrogen-bond acceptors (Lipinski definition) is 5. The first-order chi connectivity index (χ1) is 12.7. The fourth-order valence-electron chi connectivity index (χ4n) is 2.45. The molecule has 0 aliphatic heterocycles. The van der Waals surface area contributed by atoms with Crippen molar-refractivity contribution in [1.82, 2.24) is 9.97 Å². The van der Waals surface area contributed by atoms with Crippen molar-refractivity contribution in [1.29, 1.82) is 5.26 Å². The van der Waals surface area contributed by atoms with Crippen molar-refractivity contribution in [3.8, 4) is 17.5 Å². The molecule has 0 fully saturated rings. The average Bonchev–Trinajstić information content (AvgIpc) is 2.67. The van der Waals surface area contributed by atoms with Gasteiger partial charge in [0.05, 0.1) is 11.3 Å². The molecule has 0 unspecified atom stereocenters. The predicted molar refractivity (Wildman–Crippen MR) is 105 cm³/mol. The zero-order valence-electron chi connectivity index (χ0n) is 14.9. The maximum absolute atomic E-state index is 9.29. The quantitative estimate of drug-likeness (QED) is 0.671. The second-order valence-corrected chi connectivity index (χ2v) is 6.39. The van der Waals surface area contributed by atoms with Gasteiger partial charge < -0.3 is 10.6 Å². The molecule has 0 saturated carbocycles. The van der Waals surface area contributed by atoms with E-state index < -0.39 is 0 Å². The maximum atomic E-state index is 9.29. The summed E-state index contributed by atoms with van der Waals surface area (Å²) in [5, 5.41) is 15.9. The van der Waals surface area contributed by atoms with Crippen LogP contribution in [0.5, 0.6) is 0 Å². The lowest BCUT2D eigenvalue weighted by molar-refractivity contribution is 0.687. The number of nitrogens with zero attached hydrogens (tertiary/aromatic N) is 3. The van der Waals surface area contributed by atoms with Crippen molar-refractivity contribution in [2.75, 3.05) is 17.2 Å². The maximum Gasteiger partial charge on any atom is 0.163 e. The highest BCUT2D eigenvalue weighted by atomic mass is 15.1. The summed E-state index contributed by atoms with van der Waals surface area (Å²) in [7, 11) is 0. The van der Waals surface area contributed by atoms with Gasteiger partial charge in [-0.25, -0.2) is 9.97 Å². The van der Waals surface area contributed by atoms with E-state index in [0.717, 1.165) is 23.6 Å². The van der Waals surface area contributed by atoms with Crippen LogP contribution in [0.1, 0.15) is 19.4 Å². The Morgan fingerprint density at radius 3 is 2.38 bits per heavy atom. The van der Waals surface area contributed by atoms with Crippen LogP contribution in [0.4, 0.5) is 17.3 Å². The Bertz CT molecular complexity index is 913. The molecule has 130 valence electrons. The number of aromatic nitrogens is 2. The smallest absolute Gasteiger partial charge is 0.163 e. The van der Waals surface area contributed by atoms with Gasteiger partial charge >= 0.3 is 0 Å². The highest BCUT2D eigenvalue weighted by molar-refractivity contribution is 5.68. The molecule has 0 spiro atoms. The number of nitriles is 1. The molecular weight excluding hydrogens is 322 g/mol. The summed E-state index contributed by atoms with van der Waals surface area (Å²) in [5.74, 6) is 2.54. The second kappa shape index (κ2) is 8.13. The van der Waals surface area contributed by atoms with Gasteiger partial charge in [0.25, 0.3) is 0 Å². The van der Waals surface area contributed by atoms with Crippen molar-refractivity contribution < 1.29 is 0 Å². The fourth-order valence-corrected chi connectivity index (χ4v) is 2.45. The molecule has 0 radical (unpaired) electrons. The Kier molecular flexibility index (Phi) is 5.45. The molecule has 1 aromatic heterocycles. The lowest BCUT2D eigenvalue weighted by atomic mass is 10.2. The summed E-state index contributed by atoms with van der Waals surface area (Å²) in [6.45, 7) is 5.11. The average molecular weight is 343 g/mol. The van der Waals surface area contributed by atoms with E-state index in [2.05, 4.69) is 40.5 Å². The third-order valence-corrected chi connectivity index (χ3v) is 3.76. The molecule has 26 heavy (non-hydrogen) atoms. The van der Waals surface area contributed by atoms with Crippen LogP contribution in [0.3, 0.4) is 0 Å². The number of hydrogen-bond donors (Lipinski definition) is 2. The molecule has 2 N–H and O–H groups in total. The van der Waals surface area contributed by atoms with Crippen molar-refractivity contribution in [3.05, 3.63) is 66.2 Å². The molecule has 0 bridgehead atoms. The van der Waals surface area contributed by atoms with Gasteiger partial charge in [-0.1, -0.05) is 56.3 Å². The first kappa shape index (κ1) is 17.4. The minimum Gasteiger partial charge on any atom is -0.370 e. The number of benzene rings is 2. The third-order valence-electron chi connectivity index (χ3n) is 3.76. The molecule has 0 aliphatic rings. The van der Waals surface area contributed by atoms with E-state index >= 15 is 0 Å². The Hall–Kier alpha value is -3.39. The number of para-hydroxylation sites is 1. The van der Waals surface area contributed by atoms with Gasteiger partial charge in [-0.3, -0.25) is 0 Å². The molecule has 1 heterocycles. The molecule has 0 saturated heterocycles. The molecule has 5 heteroatoms. The summed E-state index contributed by atoms with van der Waals surface area (Å²) in [4.78, 5) is 9.26. The van der Waals surface area contributed by atoms with E-state index in [1.54, 1.807) is 6.07 Å². The van der Waals surface area contributed by atoms with Crippen LogP contribution >= 0.6 is 0 Å². The topological polar surface area (TPSA) is 73.6 Å². The van der Waals surface area contributed by atoms with Crippen molar-refractivity contribution in [3.63, 3.8) is 0 Å².